The van der Waals surface area contributed by atoms with E-state index in [0.717, 1.165) is 18.9 Å². The summed E-state index contributed by atoms with van der Waals surface area (Å²) in [7, 11) is 0. The smallest absolute Gasteiger partial charge is 0.329 e. The van der Waals surface area contributed by atoms with Crippen LogP contribution in [0.25, 0.3) is 0 Å². The highest BCUT2D eigenvalue weighted by Gasteiger charge is 2.35. The number of ether oxygens (including phenoxy) is 1. The Labute approximate surface area is 195 Å². The summed E-state index contributed by atoms with van der Waals surface area (Å²) in [5.41, 5.74) is 0.553. The second kappa shape index (κ2) is 10.7. The van der Waals surface area contributed by atoms with Crippen molar-refractivity contribution in [2.24, 2.45) is 5.92 Å². The topological polar surface area (TPSA) is 101 Å². The summed E-state index contributed by atoms with van der Waals surface area (Å²) in [5.74, 6) is -2.80. The fourth-order valence-electron chi connectivity index (χ4n) is 4.10. The van der Waals surface area contributed by atoms with E-state index in [1.54, 1.807) is 0 Å². The lowest BCUT2D eigenvalue weighted by Gasteiger charge is -2.26. The lowest BCUT2D eigenvalue weighted by molar-refractivity contribution is -0.149. The first-order valence-corrected chi connectivity index (χ1v) is 11.3. The SMILES string of the molecule is O=C(C[C@@H]1CCC(=O)N1Cc1cccc(F)c1F)N[C@@H](CC1CC1)C(=O)OCc1cnccn1. The highest BCUT2D eigenvalue weighted by atomic mass is 19.2. The molecular formula is C24H26F2N4O4. The summed E-state index contributed by atoms with van der Waals surface area (Å²) in [6.45, 7) is -0.167. The minimum atomic E-state index is -0.999. The van der Waals surface area contributed by atoms with E-state index in [1.807, 2.05) is 0 Å². The third kappa shape index (κ3) is 6.12. The Hall–Kier alpha value is -3.43. The number of halogens is 2. The van der Waals surface area contributed by atoms with Crippen LogP contribution in [0.15, 0.2) is 36.8 Å². The van der Waals surface area contributed by atoms with E-state index in [0.29, 0.717) is 24.5 Å². The van der Waals surface area contributed by atoms with Gasteiger partial charge < -0.3 is 15.0 Å². The lowest BCUT2D eigenvalue weighted by Crippen LogP contribution is -2.44. The molecule has 2 amide bonds. The molecule has 10 heteroatoms. The predicted molar refractivity (Wildman–Crippen MR) is 116 cm³/mol. The molecular weight excluding hydrogens is 446 g/mol. The molecule has 1 N–H and O–H groups in total. The highest BCUT2D eigenvalue weighted by Crippen LogP contribution is 2.34. The molecule has 8 nitrogen and oxygen atoms in total. The van der Waals surface area contributed by atoms with Gasteiger partial charge in [-0.25, -0.2) is 13.6 Å². The van der Waals surface area contributed by atoms with Gasteiger partial charge in [-0.3, -0.25) is 19.6 Å². The Morgan fingerprint density at radius 3 is 2.76 bits per heavy atom. The van der Waals surface area contributed by atoms with Gasteiger partial charge in [0.25, 0.3) is 0 Å². The van der Waals surface area contributed by atoms with Gasteiger partial charge >= 0.3 is 5.97 Å². The van der Waals surface area contributed by atoms with Gasteiger partial charge in [-0.1, -0.05) is 25.0 Å². The molecule has 2 heterocycles. The molecule has 0 spiro atoms. The molecule has 2 fully saturated rings. The molecule has 34 heavy (non-hydrogen) atoms. The van der Waals surface area contributed by atoms with Crippen LogP contribution in [0.2, 0.25) is 0 Å². The number of hydrogen-bond acceptors (Lipinski definition) is 6. The van der Waals surface area contributed by atoms with E-state index in [2.05, 4.69) is 15.3 Å². The fourth-order valence-corrected chi connectivity index (χ4v) is 4.10. The second-order valence-corrected chi connectivity index (χ2v) is 8.73. The van der Waals surface area contributed by atoms with Crippen molar-refractivity contribution in [2.45, 2.75) is 63.8 Å². The van der Waals surface area contributed by atoms with Crippen molar-refractivity contribution in [3.8, 4) is 0 Å². The van der Waals surface area contributed by atoms with Gasteiger partial charge in [0.15, 0.2) is 11.6 Å². The number of esters is 1. The summed E-state index contributed by atoms with van der Waals surface area (Å²) in [6, 6.07) is 2.54. The minimum absolute atomic E-state index is 0.0404. The van der Waals surface area contributed by atoms with Crippen molar-refractivity contribution in [2.75, 3.05) is 0 Å². The van der Waals surface area contributed by atoms with Crippen LogP contribution in [0, 0.1) is 17.6 Å². The summed E-state index contributed by atoms with van der Waals surface area (Å²) >= 11 is 0. The predicted octanol–water partition coefficient (Wildman–Crippen LogP) is 2.66. The van der Waals surface area contributed by atoms with E-state index in [9.17, 15) is 23.2 Å². The first-order chi connectivity index (χ1) is 16.4. The largest absolute Gasteiger partial charge is 0.458 e. The number of benzene rings is 1. The molecule has 0 bridgehead atoms. The first kappa shape index (κ1) is 23.7. The number of aromatic nitrogens is 2. The van der Waals surface area contributed by atoms with E-state index in [4.69, 9.17) is 4.74 Å². The first-order valence-electron chi connectivity index (χ1n) is 11.3. The molecule has 1 aliphatic heterocycles. The minimum Gasteiger partial charge on any atom is -0.458 e. The fraction of sp³-hybridized carbons (Fsp3) is 0.458. The van der Waals surface area contributed by atoms with Crippen LogP contribution in [0.5, 0.6) is 0 Å². The molecule has 2 aliphatic rings. The standard InChI is InChI=1S/C24H26F2N4O4/c25-19-3-1-2-16(23(19)26)13-30-18(6-7-22(30)32)11-21(31)29-20(10-15-4-5-15)24(33)34-14-17-12-27-8-9-28-17/h1-3,8-9,12,15,18,20H,4-7,10-11,13-14H2,(H,29,31)/t18-,20-/m0/s1. The Morgan fingerprint density at radius 1 is 1.21 bits per heavy atom. The van der Waals surface area contributed by atoms with Crippen molar-refractivity contribution in [3.63, 3.8) is 0 Å². The van der Waals surface area contributed by atoms with E-state index in [1.165, 1.54) is 35.6 Å². The second-order valence-electron chi connectivity index (χ2n) is 8.73. The van der Waals surface area contributed by atoms with Crippen LogP contribution in [-0.4, -0.2) is 44.7 Å². The van der Waals surface area contributed by atoms with Gasteiger partial charge in [-0.15, -0.1) is 0 Å². The quantitative estimate of drug-likeness (QED) is 0.534. The zero-order chi connectivity index (χ0) is 24.1. The zero-order valence-electron chi connectivity index (χ0n) is 18.6. The Bertz CT molecular complexity index is 1050. The van der Waals surface area contributed by atoms with E-state index < -0.39 is 35.6 Å². The van der Waals surface area contributed by atoms with Gasteiger partial charge in [0.2, 0.25) is 11.8 Å². The van der Waals surface area contributed by atoms with Crippen molar-refractivity contribution in [1.29, 1.82) is 0 Å². The summed E-state index contributed by atoms with van der Waals surface area (Å²) < 4.78 is 33.0. The third-order valence-corrected chi connectivity index (χ3v) is 6.11. The average molecular weight is 472 g/mol. The zero-order valence-corrected chi connectivity index (χ0v) is 18.6. The van der Waals surface area contributed by atoms with Gasteiger partial charge in [-0.2, -0.15) is 0 Å². The highest BCUT2D eigenvalue weighted by molar-refractivity contribution is 5.86. The van der Waals surface area contributed by atoms with E-state index >= 15 is 0 Å². The molecule has 180 valence electrons. The number of amides is 2. The number of carbonyl (C=O) groups excluding carboxylic acids is 3. The summed E-state index contributed by atoms with van der Waals surface area (Å²) in [4.78, 5) is 47.2. The molecule has 1 aromatic carbocycles. The molecule has 1 aliphatic carbocycles. The van der Waals surface area contributed by atoms with Crippen LogP contribution in [-0.2, 0) is 32.3 Å². The molecule has 4 rings (SSSR count). The van der Waals surface area contributed by atoms with Crippen molar-refractivity contribution in [3.05, 3.63) is 59.7 Å². The van der Waals surface area contributed by atoms with E-state index in [-0.39, 0.29) is 37.5 Å². The van der Waals surface area contributed by atoms with Crippen LogP contribution >= 0.6 is 0 Å². The van der Waals surface area contributed by atoms with Gasteiger partial charge in [0, 0.05) is 43.4 Å². The van der Waals surface area contributed by atoms with Crippen molar-refractivity contribution in [1.82, 2.24) is 20.2 Å². The molecule has 1 saturated carbocycles. The Balaban J connectivity index is 1.35. The lowest BCUT2D eigenvalue weighted by atomic mass is 10.1. The number of nitrogens with one attached hydrogen (secondary N) is 1. The molecule has 0 unspecified atom stereocenters. The van der Waals surface area contributed by atoms with Crippen LogP contribution < -0.4 is 5.32 Å². The number of rotatable bonds is 10. The number of carbonyl (C=O) groups is 3. The summed E-state index contributed by atoms with van der Waals surface area (Å²) in [5, 5.41) is 2.75. The number of hydrogen-bond donors (Lipinski definition) is 1. The maximum atomic E-state index is 14.1. The maximum absolute atomic E-state index is 14.1. The average Bonchev–Trinajstić information content (AvgIpc) is 3.59. The van der Waals surface area contributed by atoms with Crippen LogP contribution in [0.1, 0.15) is 49.8 Å². The van der Waals surface area contributed by atoms with Crippen LogP contribution in [0.4, 0.5) is 8.78 Å². The normalized spacial score (nSPS) is 18.6. The molecule has 2 aromatic rings. The molecule has 2 atom stereocenters. The molecule has 1 saturated heterocycles. The summed E-state index contributed by atoms with van der Waals surface area (Å²) in [6.07, 6.45) is 7.58. The number of nitrogens with zero attached hydrogens (tertiary/aromatic N) is 3. The molecule has 1 aromatic heterocycles. The van der Waals surface area contributed by atoms with Crippen LogP contribution in [0.3, 0.4) is 0 Å². The van der Waals surface area contributed by atoms with Gasteiger partial charge in [0.1, 0.15) is 12.6 Å². The number of likely N-dealkylation sites (tertiary alicyclic amines) is 1. The Kier molecular flexibility index (Phi) is 7.44. The van der Waals surface area contributed by atoms with Crippen molar-refractivity contribution < 1.29 is 27.9 Å². The molecule has 0 radical (unpaired) electrons. The Morgan fingerprint density at radius 2 is 2.03 bits per heavy atom. The third-order valence-electron chi connectivity index (χ3n) is 6.11. The maximum Gasteiger partial charge on any atom is 0.329 e. The van der Waals surface area contributed by atoms with Gasteiger partial charge in [-0.05, 0) is 24.8 Å². The monoisotopic (exact) mass is 472 g/mol. The van der Waals surface area contributed by atoms with Gasteiger partial charge in [0.05, 0.1) is 11.9 Å². The van der Waals surface area contributed by atoms with Crippen molar-refractivity contribution >= 4 is 17.8 Å².